The molecule has 4 saturated heterocycles. The van der Waals surface area contributed by atoms with Crippen LogP contribution in [0.2, 0.25) is 10.0 Å². The van der Waals surface area contributed by atoms with Gasteiger partial charge in [-0.2, -0.15) is 9.97 Å². The van der Waals surface area contributed by atoms with E-state index >= 15 is 0 Å². The van der Waals surface area contributed by atoms with Crippen LogP contribution in [0.4, 0.5) is 23.5 Å². The lowest BCUT2D eigenvalue weighted by Gasteiger charge is -2.50. The van der Waals surface area contributed by atoms with Gasteiger partial charge in [0.25, 0.3) is 0 Å². The van der Waals surface area contributed by atoms with Crippen molar-refractivity contribution in [2.75, 3.05) is 85.9 Å². The fourth-order valence-electron chi connectivity index (χ4n) is 11.8. The fraction of sp³-hybridized carbons (Fsp3) is 0.500. The van der Waals surface area contributed by atoms with Crippen molar-refractivity contribution in [3.63, 3.8) is 0 Å². The first-order valence-corrected chi connectivity index (χ1v) is 27.0. The Morgan fingerprint density at radius 1 is 0.658 bits per heavy atom. The van der Waals surface area contributed by atoms with E-state index in [2.05, 4.69) is 99.5 Å². The van der Waals surface area contributed by atoms with Gasteiger partial charge in [0.15, 0.2) is 0 Å². The van der Waals surface area contributed by atoms with E-state index in [1.807, 2.05) is 43.3 Å². The molecule has 4 atom stereocenters. The molecule has 4 aromatic carbocycles. The Labute approximate surface area is 441 Å². The number of piperidine rings is 2. The number of likely N-dealkylation sites (tertiary alicyclic amines) is 2. The number of carboxylic acids is 1. The summed E-state index contributed by atoms with van der Waals surface area (Å²) in [6.45, 7) is 17.7. The molecule has 4 aliphatic heterocycles. The van der Waals surface area contributed by atoms with Crippen LogP contribution in [0.25, 0.3) is 21.8 Å². The lowest BCUT2D eigenvalue weighted by atomic mass is 9.76. The van der Waals surface area contributed by atoms with Crippen LogP contribution in [0.15, 0.2) is 84.9 Å². The molecule has 15 heteroatoms. The van der Waals surface area contributed by atoms with Gasteiger partial charge in [0.2, 0.25) is 11.9 Å². The van der Waals surface area contributed by atoms with E-state index in [-0.39, 0.29) is 32.0 Å². The zero-order chi connectivity index (χ0) is 50.0. The van der Waals surface area contributed by atoms with Crippen molar-refractivity contribution in [1.29, 1.82) is 0 Å². The van der Waals surface area contributed by atoms with Crippen LogP contribution in [-0.2, 0) is 4.79 Å². The number of halogens is 2. The first-order chi connectivity index (χ1) is 34.9. The average molecular weight is 1030 g/mol. The predicted octanol–water partition coefficient (Wildman–Crippen LogP) is 11.3. The molecule has 1 aliphatic carbocycles. The van der Waals surface area contributed by atoms with Crippen molar-refractivity contribution < 1.29 is 15.0 Å². The number of nitrogens with zero attached hydrogens (tertiary/aromatic N) is 8. The highest BCUT2D eigenvalue weighted by atomic mass is 35.5. The Bertz CT molecular complexity index is 2870. The molecule has 5 fully saturated rings. The van der Waals surface area contributed by atoms with Crippen molar-refractivity contribution in [3.8, 4) is 0 Å². The summed E-state index contributed by atoms with van der Waals surface area (Å²) in [6, 6.07) is 29.2. The predicted molar refractivity (Wildman–Crippen MR) is 298 cm³/mol. The van der Waals surface area contributed by atoms with Gasteiger partial charge in [-0.05, 0) is 162 Å². The quantitative estimate of drug-likeness (QED) is 0.0822. The molecule has 13 nitrogen and oxygen atoms in total. The number of hydrogen-bond acceptors (Lipinski definition) is 12. The molecule has 0 spiro atoms. The summed E-state index contributed by atoms with van der Waals surface area (Å²) in [5, 5.41) is 29.3. The van der Waals surface area contributed by atoms with E-state index in [1.165, 1.54) is 25.7 Å². The number of rotatable bonds is 14. The summed E-state index contributed by atoms with van der Waals surface area (Å²) in [5.74, 6) is 5.12. The van der Waals surface area contributed by atoms with E-state index in [9.17, 15) is 15.0 Å². The zero-order valence-electron chi connectivity index (χ0n) is 42.2. The molecule has 388 valence electrons. The number of carbonyl (C=O) groups is 1. The normalized spacial score (nSPS) is 22.5. The molecule has 5 aliphatic rings. The van der Waals surface area contributed by atoms with Gasteiger partial charge in [0.05, 0.1) is 35.6 Å². The Hall–Kier alpha value is -5.31. The second kappa shape index (κ2) is 23.1. The van der Waals surface area contributed by atoms with Gasteiger partial charge >= 0.3 is 5.97 Å². The van der Waals surface area contributed by atoms with Crippen LogP contribution < -0.4 is 20.4 Å². The average Bonchev–Trinajstić information content (AvgIpc) is 3.31. The third kappa shape index (κ3) is 11.8. The van der Waals surface area contributed by atoms with Crippen LogP contribution in [0, 0.1) is 43.4 Å². The summed E-state index contributed by atoms with van der Waals surface area (Å²) >= 11 is 13.1. The van der Waals surface area contributed by atoms with Gasteiger partial charge in [0.1, 0.15) is 11.6 Å². The van der Waals surface area contributed by atoms with Crippen molar-refractivity contribution in [2.45, 2.75) is 91.8 Å². The largest absolute Gasteiger partial charge is 0.481 e. The topological polar surface area (TPSA) is 146 Å². The minimum absolute atomic E-state index is 0. The summed E-state index contributed by atoms with van der Waals surface area (Å²) in [4.78, 5) is 40.6. The summed E-state index contributed by atoms with van der Waals surface area (Å²) in [5.41, 5.74) is 6.30. The molecule has 6 heterocycles. The molecule has 0 amide bonds. The highest BCUT2D eigenvalue weighted by Gasteiger charge is 2.43. The minimum Gasteiger partial charge on any atom is -0.481 e. The molecule has 11 rings (SSSR count). The third-order valence-corrected chi connectivity index (χ3v) is 16.9. The number of para-hydroxylation sites is 2. The lowest BCUT2D eigenvalue weighted by Crippen LogP contribution is -2.56. The molecule has 4 N–H and O–H groups in total. The standard InChI is InChI=1S/C30H36ClN5O2.C27H34ClN5O.CH4/c1-18-9-10-24(26(31)12-18)19(2)32-28-25-7-3-4-8-27(25)33-30(34-28)36-16-22(17-36)20-6-5-11-35(15-20)23-13-21(14-23)29(37)38;1-18-9-10-22(24(28)14-18)19(2)29-26-23-7-3-4-8-25(23)30-27(31-26)33-16-21(17-33)20-6-5-11-32(15-20)12-13-34;/h3-4,7-10,12,19-23H,5-6,11,13-17H2,1-2H3,(H,37,38)(H,32,33,34);3-4,7-10,14,19-21,34H,5-6,11-13,15-17H2,1-2H3,(H,29,30,31);1H4. The minimum atomic E-state index is -0.634. The van der Waals surface area contributed by atoms with E-state index in [4.69, 9.17) is 43.1 Å². The number of aliphatic hydroxyl groups is 1. The molecule has 1 saturated carbocycles. The number of carboxylic acid groups (broad SMARTS) is 1. The number of aliphatic hydroxyl groups excluding tert-OH is 1. The first-order valence-electron chi connectivity index (χ1n) is 26.3. The number of hydrogen-bond donors (Lipinski definition) is 4. The smallest absolute Gasteiger partial charge is 0.306 e. The number of nitrogens with one attached hydrogen (secondary N) is 2. The Morgan fingerprint density at radius 3 is 1.62 bits per heavy atom. The fourth-order valence-corrected chi connectivity index (χ4v) is 12.6. The maximum atomic E-state index is 11.2. The van der Waals surface area contributed by atoms with Crippen molar-refractivity contribution in [1.82, 2.24) is 29.7 Å². The van der Waals surface area contributed by atoms with Crippen LogP contribution in [0.5, 0.6) is 0 Å². The Kier molecular flexibility index (Phi) is 16.6. The number of benzene rings is 4. The summed E-state index contributed by atoms with van der Waals surface area (Å²) < 4.78 is 0. The highest BCUT2D eigenvalue weighted by Crippen LogP contribution is 2.40. The van der Waals surface area contributed by atoms with Gasteiger partial charge in [-0.1, -0.05) is 79.2 Å². The van der Waals surface area contributed by atoms with Gasteiger partial charge < -0.3 is 40.4 Å². The monoisotopic (exact) mass is 1030 g/mol. The summed E-state index contributed by atoms with van der Waals surface area (Å²) in [7, 11) is 0. The zero-order valence-corrected chi connectivity index (χ0v) is 43.7. The summed E-state index contributed by atoms with van der Waals surface area (Å²) in [6.07, 6.45) is 6.58. The van der Waals surface area contributed by atoms with Gasteiger partial charge in [-0.3, -0.25) is 4.79 Å². The number of fused-ring (bicyclic) bond motifs is 2. The Morgan fingerprint density at radius 2 is 1.14 bits per heavy atom. The maximum absolute atomic E-state index is 11.2. The van der Waals surface area contributed by atoms with Crippen LogP contribution in [0.3, 0.4) is 0 Å². The molecule has 2 aromatic heterocycles. The van der Waals surface area contributed by atoms with Crippen molar-refractivity contribution >= 4 is 74.5 Å². The van der Waals surface area contributed by atoms with Crippen molar-refractivity contribution in [3.05, 3.63) is 117 Å². The SMILES string of the molecule is C.Cc1ccc(C(C)Nc2nc(N3CC(C4CCCN(C5CC(C(=O)O)C5)C4)C3)nc3ccccc23)c(Cl)c1.Cc1ccc(C(C)Nc2nc(N3CC(C4CCCN(CCO)C4)C3)nc3ccccc23)c(Cl)c1. The molecule has 6 aromatic rings. The van der Waals surface area contributed by atoms with Crippen LogP contribution in [-0.4, -0.2) is 117 Å². The van der Waals surface area contributed by atoms with Gasteiger partial charge in [-0.15, -0.1) is 0 Å². The van der Waals surface area contributed by atoms with Crippen molar-refractivity contribution in [2.24, 2.45) is 29.6 Å². The molecular formula is C58H74Cl2N10O3. The van der Waals surface area contributed by atoms with E-state index in [1.54, 1.807) is 0 Å². The maximum Gasteiger partial charge on any atom is 0.306 e. The number of aliphatic carboxylic acids is 1. The lowest BCUT2D eigenvalue weighted by molar-refractivity contribution is -0.147. The van der Waals surface area contributed by atoms with E-state index in [0.29, 0.717) is 29.7 Å². The highest BCUT2D eigenvalue weighted by molar-refractivity contribution is 6.31. The van der Waals surface area contributed by atoms with E-state index < -0.39 is 5.97 Å². The molecule has 4 unspecified atom stereocenters. The first kappa shape index (κ1) is 52.5. The molecule has 73 heavy (non-hydrogen) atoms. The molecule has 0 radical (unpaired) electrons. The molecular weight excluding hydrogens is 956 g/mol. The number of aromatic nitrogens is 4. The number of aryl methyl sites for hydroxylation is 2. The van der Waals surface area contributed by atoms with Gasteiger partial charge in [-0.25, -0.2) is 9.97 Å². The number of β-amino-alcohol motifs (C(OH)–C–C–N with tert-alkyl or cyclic N) is 1. The van der Waals surface area contributed by atoms with Crippen LogP contribution >= 0.6 is 23.2 Å². The second-order valence-electron chi connectivity index (χ2n) is 21.4. The van der Waals surface area contributed by atoms with Gasteiger partial charge in [0, 0.05) is 72.7 Å². The van der Waals surface area contributed by atoms with E-state index in [0.717, 1.165) is 149 Å². The second-order valence-corrected chi connectivity index (χ2v) is 22.2. The Balaban J connectivity index is 0.000000178. The molecule has 0 bridgehead atoms. The van der Waals surface area contributed by atoms with Crippen LogP contribution in [0.1, 0.15) is 94.1 Å². The number of anilines is 4. The third-order valence-electron chi connectivity index (χ3n) is 16.3.